The number of likely N-dealkylation sites (N-methyl/N-ethyl adjacent to an activating group) is 1. The van der Waals surface area contributed by atoms with Crippen LogP contribution in [0.15, 0.2) is 6.08 Å². The Balaban J connectivity index is 1.79. The molecule has 1 N–H and O–H groups in total. The van der Waals surface area contributed by atoms with Crippen molar-refractivity contribution in [3.63, 3.8) is 0 Å². The molecule has 2 aliphatic rings. The van der Waals surface area contributed by atoms with Gasteiger partial charge in [-0.1, -0.05) is 13.0 Å². The molecule has 180 valence electrons. The topological polar surface area (TPSA) is 68.6 Å². The van der Waals surface area contributed by atoms with Gasteiger partial charge in [0.2, 0.25) is 0 Å². The number of hydrogen-bond donors (Lipinski definition) is 1. The van der Waals surface area contributed by atoms with E-state index < -0.39 is 12.0 Å². The maximum Gasteiger partial charge on any atom is 0.406 e. The van der Waals surface area contributed by atoms with Crippen LogP contribution >= 0.6 is 0 Å². The Morgan fingerprint density at radius 1 is 1.38 bits per heavy atom. The number of fused-ring (bicyclic) bond motifs is 1. The van der Waals surface area contributed by atoms with Crippen LogP contribution in [0.3, 0.4) is 0 Å². The van der Waals surface area contributed by atoms with E-state index in [4.69, 9.17) is 9.47 Å². The minimum atomic E-state index is -2.75. The van der Waals surface area contributed by atoms with Crippen LogP contribution in [0.25, 0.3) is 5.57 Å². The molecule has 1 amide bonds. The average molecular weight is 455 g/mol. The first-order valence-electron chi connectivity index (χ1n) is 11.5. The normalized spacial score (nSPS) is 22.0. The van der Waals surface area contributed by atoms with Gasteiger partial charge in [-0.25, -0.2) is 13.6 Å². The molecular weight excluding hydrogens is 418 g/mol. The van der Waals surface area contributed by atoms with Crippen molar-refractivity contribution in [1.29, 1.82) is 0 Å². The summed E-state index contributed by atoms with van der Waals surface area (Å²) < 4.78 is 40.6. The highest BCUT2D eigenvalue weighted by atomic mass is 19.3. The summed E-state index contributed by atoms with van der Waals surface area (Å²) in [6, 6.07) is 0. The maximum absolute atomic E-state index is 14.1. The molecule has 9 heteroatoms. The zero-order chi connectivity index (χ0) is 23.4. The fourth-order valence-corrected chi connectivity index (χ4v) is 4.61. The molecule has 0 radical (unpaired) electrons. The van der Waals surface area contributed by atoms with E-state index in [1.165, 1.54) is 11.7 Å². The molecule has 0 aromatic carbocycles. The molecule has 0 spiro atoms. The molecule has 0 fully saturated rings. The number of aromatic nitrogens is 2. The van der Waals surface area contributed by atoms with Gasteiger partial charge in [-0.3, -0.25) is 9.58 Å². The highest BCUT2D eigenvalue weighted by Gasteiger charge is 2.42. The average Bonchev–Trinajstić information content (AvgIpc) is 3.23. The summed E-state index contributed by atoms with van der Waals surface area (Å²) in [7, 11) is 3.43. The molecule has 0 saturated carbocycles. The molecule has 3 rings (SSSR count). The van der Waals surface area contributed by atoms with Gasteiger partial charge in [0.15, 0.2) is 0 Å². The summed E-state index contributed by atoms with van der Waals surface area (Å²) in [6.07, 6.45) is 5.21. The van der Waals surface area contributed by atoms with Crippen molar-refractivity contribution in [3.05, 3.63) is 23.0 Å². The van der Waals surface area contributed by atoms with Crippen molar-refractivity contribution in [2.24, 2.45) is 5.41 Å². The third-order valence-electron chi connectivity index (χ3n) is 6.66. The standard InChI is InChI=1S/C23H36F2N4O3/c1-5-22(16-31-6-2)9-7-17(8-10-22)20-18(14-28(4)11-12-32-21(30)26-3)27-29-15-23(24,25)13-19(20)29/h7H,5-6,8-16H2,1-4H3,(H,26,30). The molecule has 7 nitrogen and oxygen atoms in total. The predicted molar refractivity (Wildman–Crippen MR) is 119 cm³/mol. The summed E-state index contributed by atoms with van der Waals surface area (Å²) >= 11 is 0. The minimum absolute atomic E-state index is 0.119. The van der Waals surface area contributed by atoms with Gasteiger partial charge in [-0.15, -0.1) is 0 Å². The van der Waals surface area contributed by atoms with Crippen molar-refractivity contribution in [1.82, 2.24) is 20.0 Å². The number of carbonyl (C=O) groups is 1. The molecular formula is C23H36F2N4O3. The Kier molecular flexibility index (Phi) is 7.92. The lowest BCUT2D eigenvalue weighted by Gasteiger charge is -2.35. The molecule has 32 heavy (non-hydrogen) atoms. The number of rotatable bonds is 10. The van der Waals surface area contributed by atoms with Crippen molar-refractivity contribution >= 4 is 11.7 Å². The molecule has 1 unspecified atom stereocenters. The van der Waals surface area contributed by atoms with Gasteiger partial charge >= 0.3 is 6.09 Å². The van der Waals surface area contributed by atoms with E-state index in [-0.39, 0.29) is 25.0 Å². The summed E-state index contributed by atoms with van der Waals surface area (Å²) in [4.78, 5) is 13.3. The second-order valence-electron chi connectivity index (χ2n) is 9.01. The van der Waals surface area contributed by atoms with Gasteiger partial charge in [-0.05, 0) is 50.6 Å². The Morgan fingerprint density at radius 3 is 2.78 bits per heavy atom. The summed E-state index contributed by atoms with van der Waals surface area (Å²) in [5.74, 6) is -2.75. The number of hydrogen-bond acceptors (Lipinski definition) is 5. The van der Waals surface area contributed by atoms with Crippen LogP contribution in [-0.4, -0.2) is 67.2 Å². The smallest absolute Gasteiger partial charge is 0.406 e. The predicted octanol–water partition coefficient (Wildman–Crippen LogP) is 3.86. The number of carbonyl (C=O) groups excluding carboxylic acids is 1. The van der Waals surface area contributed by atoms with Crippen LogP contribution < -0.4 is 5.32 Å². The third kappa shape index (κ3) is 5.67. The van der Waals surface area contributed by atoms with Gasteiger partial charge in [-0.2, -0.15) is 5.10 Å². The molecule has 1 aromatic heterocycles. The Hall–Kier alpha value is -2.00. The quantitative estimate of drug-likeness (QED) is 0.581. The molecule has 1 aromatic rings. The van der Waals surface area contributed by atoms with Crippen LogP contribution in [0.4, 0.5) is 13.6 Å². The number of allylic oxidation sites excluding steroid dienone is 2. The van der Waals surface area contributed by atoms with Crippen LogP contribution in [0.2, 0.25) is 0 Å². The van der Waals surface area contributed by atoms with E-state index in [0.29, 0.717) is 25.4 Å². The zero-order valence-corrected chi connectivity index (χ0v) is 19.7. The molecule has 1 aliphatic carbocycles. The largest absolute Gasteiger partial charge is 0.448 e. The maximum atomic E-state index is 14.1. The number of halogens is 2. The zero-order valence-electron chi connectivity index (χ0n) is 19.7. The molecule has 0 saturated heterocycles. The van der Waals surface area contributed by atoms with E-state index in [1.54, 1.807) is 0 Å². The number of ether oxygens (including phenoxy) is 2. The summed E-state index contributed by atoms with van der Waals surface area (Å²) in [5.41, 5.74) is 3.59. The van der Waals surface area contributed by atoms with Crippen LogP contribution in [-0.2, 0) is 29.0 Å². The lowest BCUT2D eigenvalue weighted by molar-refractivity contribution is 0.000775. The molecule has 0 bridgehead atoms. The molecule has 2 heterocycles. The van der Waals surface area contributed by atoms with E-state index in [0.717, 1.165) is 49.1 Å². The second kappa shape index (κ2) is 10.3. The van der Waals surface area contributed by atoms with Gasteiger partial charge in [0.25, 0.3) is 5.92 Å². The van der Waals surface area contributed by atoms with Crippen LogP contribution in [0.5, 0.6) is 0 Å². The first-order chi connectivity index (χ1) is 15.2. The van der Waals surface area contributed by atoms with Crippen LogP contribution in [0.1, 0.15) is 56.5 Å². The minimum Gasteiger partial charge on any atom is -0.448 e. The first-order valence-corrected chi connectivity index (χ1v) is 11.5. The fourth-order valence-electron chi connectivity index (χ4n) is 4.61. The number of nitrogens with one attached hydrogen (secondary N) is 1. The molecule has 1 aliphatic heterocycles. The summed E-state index contributed by atoms with van der Waals surface area (Å²) in [6.45, 7) is 6.54. The second-order valence-corrected chi connectivity index (χ2v) is 9.01. The summed E-state index contributed by atoms with van der Waals surface area (Å²) in [5, 5.41) is 6.99. The van der Waals surface area contributed by atoms with E-state index in [9.17, 15) is 13.6 Å². The number of alkyl halides is 2. The monoisotopic (exact) mass is 454 g/mol. The highest BCUT2D eigenvalue weighted by molar-refractivity contribution is 5.71. The van der Waals surface area contributed by atoms with Crippen LogP contribution in [0, 0.1) is 5.41 Å². The van der Waals surface area contributed by atoms with Gasteiger partial charge in [0, 0.05) is 32.3 Å². The van der Waals surface area contributed by atoms with Gasteiger partial charge in [0.1, 0.15) is 13.2 Å². The van der Waals surface area contributed by atoms with Crippen molar-refractivity contribution in [3.8, 4) is 0 Å². The van der Waals surface area contributed by atoms with E-state index in [2.05, 4.69) is 23.4 Å². The van der Waals surface area contributed by atoms with Crippen molar-refractivity contribution in [2.75, 3.05) is 40.5 Å². The number of amides is 1. The Morgan fingerprint density at radius 2 is 2.16 bits per heavy atom. The lowest BCUT2D eigenvalue weighted by Crippen LogP contribution is -2.29. The highest BCUT2D eigenvalue weighted by Crippen LogP contribution is 2.44. The Labute approximate surface area is 189 Å². The first kappa shape index (κ1) is 24.6. The lowest BCUT2D eigenvalue weighted by atomic mass is 9.72. The van der Waals surface area contributed by atoms with Gasteiger partial charge in [0.05, 0.1) is 24.4 Å². The van der Waals surface area contributed by atoms with Crippen molar-refractivity contribution in [2.45, 2.75) is 65.0 Å². The molecule has 1 atom stereocenters. The van der Waals surface area contributed by atoms with Gasteiger partial charge < -0.3 is 14.8 Å². The Bertz CT molecular complexity index is 839. The SMILES string of the molecule is CCOCC1(CC)CC=C(c2c(CN(C)CCOC(=O)NC)nn3c2CC(F)(F)C3)CC1. The van der Waals surface area contributed by atoms with Crippen molar-refractivity contribution < 1.29 is 23.0 Å². The third-order valence-corrected chi connectivity index (χ3v) is 6.66. The fraction of sp³-hybridized carbons (Fsp3) is 0.739. The number of alkyl carbamates (subject to hydrolysis) is 1. The van der Waals surface area contributed by atoms with E-state index in [1.807, 2.05) is 18.9 Å². The van der Waals surface area contributed by atoms with E-state index >= 15 is 0 Å². The number of nitrogens with zero attached hydrogens (tertiary/aromatic N) is 3.